The van der Waals surface area contributed by atoms with Crippen LogP contribution in [0.3, 0.4) is 0 Å². The standard InChI is InChI=1S/C20H28N4O3/c1-4-5-15-9-24(10-18(15)21-14(3)25)20(26)12-27-11-19-22-16-7-6-13(2)8-17(16)23-19/h6-8,15,18H,4-5,9-12H2,1-3H3,(H,21,25)(H,22,23). The number of ether oxygens (including phenoxy) is 1. The van der Waals surface area contributed by atoms with Crippen molar-refractivity contribution in [3.63, 3.8) is 0 Å². The lowest BCUT2D eigenvalue weighted by Crippen LogP contribution is -2.40. The van der Waals surface area contributed by atoms with Crippen molar-refractivity contribution in [2.75, 3.05) is 19.7 Å². The molecular weight excluding hydrogens is 344 g/mol. The Balaban J connectivity index is 1.51. The van der Waals surface area contributed by atoms with Gasteiger partial charge in [0.2, 0.25) is 11.8 Å². The van der Waals surface area contributed by atoms with Gasteiger partial charge < -0.3 is 19.9 Å². The summed E-state index contributed by atoms with van der Waals surface area (Å²) in [6.45, 7) is 7.17. The number of nitrogens with zero attached hydrogens (tertiary/aromatic N) is 2. The second-order valence-corrected chi connectivity index (χ2v) is 7.35. The minimum absolute atomic E-state index is 0.0156. The Bertz CT molecular complexity index is 817. The van der Waals surface area contributed by atoms with Gasteiger partial charge in [0.05, 0.1) is 17.1 Å². The van der Waals surface area contributed by atoms with Gasteiger partial charge >= 0.3 is 0 Å². The molecule has 1 fully saturated rings. The molecule has 0 bridgehead atoms. The summed E-state index contributed by atoms with van der Waals surface area (Å²) >= 11 is 0. The van der Waals surface area contributed by atoms with E-state index in [4.69, 9.17) is 4.74 Å². The highest BCUT2D eigenvalue weighted by molar-refractivity contribution is 5.78. The van der Waals surface area contributed by atoms with E-state index in [1.54, 1.807) is 4.90 Å². The monoisotopic (exact) mass is 372 g/mol. The van der Waals surface area contributed by atoms with Crippen molar-refractivity contribution < 1.29 is 14.3 Å². The van der Waals surface area contributed by atoms with Crippen LogP contribution in [-0.4, -0.2) is 52.4 Å². The van der Waals surface area contributed by atoms with E-state index in [0.717, 1.165) is 29.4 Å². The molecule has 1 aromatic carbocycles. The van der Waals surface area contributed by atoms with Gasteiger partial charge in [-0.15, -0.1) is 0 Å². The van der Waals surface area contributed by atoms with Gasteiger partial charge in [0.15, 0.2) is 0 Å². The number of amides is 2. The summed E-state index contributed by atoms with van der Waals surface area (Å²) < 4.78 is 5.59. The molecule has 0 aliphatic carbocycles. The number of aryl methyl sites for hydroxylation is 1. The second-order valence-electron chi connectivity index (χ2n) is 7.35. The third-order valence-corrected chi connectivity index (χ3v) is 4.99. The molecule has 7 heteroatoms. The maximum Gasteiger partial charge on any atom is 0.248 e. The van der Waals surface area contributed by atoms with Gasteiger partial charge in [-0.25, -0.2) is 4.98 Å². The number of hydrogen-bond acceptors (Lipinski definition) is 4. The molecule has 3 rings (SSSR count). The fourth-order valence-electron chi connectivity index (χ4n) is 3.73. The first-order valence-corrected chi connectivity index (χ1v) is 9.54. The molecule has 2 unspecified atom stereocenters. The predicted molar refractivity (Wildman–Crippen MR) is 103 cm³/mol. The molecule has 0 saturated carbocycles. The van der Waals surface area contributed by atoms with E-state index in [9.17, 15) is 9.59 Å². The summed E-state index contributed by atoms with van der Waals surface area (Å²) in [6.07, 6.45) is 2.03. The van der Waals surface area contributed by atoms with Crippen LogP contribution in [0.25, 0.3) is 11.0 Å². The fourth-order valence-corrected chi connectivity index (χ4v) is 3.73. The molecule has 7 nitrogen and oxygen atoms in total. The number of carbonyl (C=O) groups is 2. The van der Waals surface area contributed by atoms with Crippen LogP contribution in [0.1, 0.15) is 38.1 Å². The molecule has 1 aliphatic heterocycles. The van der Waals surface area contributed by atoms with Crippen LogP contribution in [0.15, 0.2) is 18.2 Å². The van der Waals surface area contributed by atoms with E-state index < -0.39 is 0 Å². The normalized spacial score (nSPS) is 19.6. The van der Waals surface area contributed by atoms with Gasteiger partial charge in [-0.05, 0) is 37.0 Å². The summed E-state index contributed by atoms with van der Waals surface area (Å²) in [5.74, 6) is 0.925. The molecule has 1 aromatic heterocycles. The first-order valence-electron chi connectivity index (χ1n) is 9.54. The van der Waals surface area contributed by atoms with Crippen molar-refractivity contribution in [2.45, 2.75) is 46.3 Å². The Labute approximate surface area is 159 Å². The van der Waals surface area contributed by atoms with E-state index in [2.05, 4.69) is 22.2 Å². The molecule has 27 heavy (non-hydrogen) atoms. The number of aromatic nitrogens is 2. The van der Waals surface area contributed by atoms with Crippen LogP contribution in [0.5, 0.6) is 0 Å². The van der Waals surface area contributed by atoms with Crippen molar-refractivity contribution >= 4 is 22.8 Å². The number of H-pyrrole nitrogens is 1. The molecule has 2 atom stereocenters. The third-order valence-electron chi connectivity index (χ3n) is 4.99. The average molecular weight is 372 g/mol. The number of imidazole rings is 1. The fraction of sp³-hybridized carbons (Fsp3) is 0.550. The third kappa shape index (κ3) is 4.86. The van der Waals surface area contributed by atoms with Gasteiger partial charge in [0, 0.05) is 20.0 Å². The first kappa shape index (κ1) is 19.4. The molecule has 146 valence electrons. The van der Waals surface area contributed by atoms with E-state index >= 15 is 0 Å². The Morgan fingerprint density at radius 1 is 1.37 bits per heavy atom. The highest BCUT2D eigenvalue weighted by Crippen LogP contribution is 2.22. The summed E-state index contributed by atoms with van der Waals surface area (Å²) in [5.41, 5.74) is 3.03. The molecule has 2 N–H and O–H groups in total. The Morgan fingerprint density at radius 3 is 2.93 bits per heavy atom. The Morgan fingerprint density at radius 2 is 2.19 bits per heavy atom. The van der Waals surface area contributed by atoms with Crippen molar-refractivity contribution in [1.29, 1.82) is 0 Å². The largest absolute Gasteiger partial charge is 0.364 e. The smallest absolute Gasteiger partial charge is 0.248 e. The zero-order chi connectivity index (χ0) is 19.4. The lowest BCUT2D eigenvalue weighted by Gasteiger charge is -2.17. The molecule has 0 spiro atoms. The Hall–Kier alpha value is -2.41. The highest BCUT2D eigenvalue weighted by Gasteiger charge is 2.34. The van der Waals surface area contributed by atoms with E-state index in [1.165, 1.54) is 6.92 Å². The van der Waals surface area contributed by atoms with Gasteiger partial charge in [-0.1, -0.05) is 19.4 Å². The zero-order valence-corrected chi connectivity index (χ0v) is 16.2. The highest BCUT2D eigenvalue weighted by atomic mass is 16.5. The number of carbonyl (C=O) groups excluding carboxylic acids is 2. The summed E-state index contributed by atoms with van der Waals surface area (Å²) in [7, 11) is 0. The maximum absolute atomic E-state index is 12.5. The lowest BCUT2D eigenvalue weighted by molar-refractivity contribution is -0.136. The summed E-state index contributed by atoms with van der Waals surface area (Å²) in [4.78, 5) is 33.4. The quantitative estimate of drug-likeness (QED) is 0.780. The molecule has 1 saturated heterocycles. The SMILES string of the molecule is CCCC1CN(C(=O)COCc2nc3ccc(C)cc3[nH]2)CC1NC(C)=O. The second kappa shape index (κ2) is 8.52. The number of fused-ring (bicyclic) bond motifs is 1. The van der Waals surface area contributed by atoms with Crippen LogP contribution in [0, 0.1) is 12.8 Å². The number of rotatable bonds is 7. The number of benzene rings is 1. The number of likely N-dealkylation sites (tertiary alicyclic amines) is 1. The Kier molecular flexibility index (Phi) is 6.11. The van der Waals surface area contributed by atoms with Crippen LogP contribution < -0.4 is 5.32 Å². The number of nitrogens with one attached hydrogen (secondary N) is 2. The van der Waals surface area contributed by atoms with Gasteiger partial charge in [-0.3, -0.25) is 9.59 Å². The average Bonchev–Trinajstić information content (AvgIpc) is 3.18. The van der Waals surface area contributed by atoms with E-state index in [1.807, 2.05) is 25.1 Å². The summed E-state index contributed by atoms with van der Waals surface area (Å²) in [6, 6.07) is 6.06. The zero-order valence-electron chi connectivity index (χ0n) is 16.2. The van der Waals surface area contributed by atoms with E-state index in [-0.39, 0.29) is 31.1 Å². The number of hydrogen-bond donors (Lipinski definition) is 2. The van der Waals surface area contributed by atoms with Crippen LogP contribution in [0.4, 0.5) is 0 Å². The van der Waals surface area contributed by atoms with Gasteiger partial charge in [0.25, 0.3) is 0 Å². The topological polar surface area (TPSA) is 87.3 Å². The van der Waals surface area contributed by atoms with Crippen molar-refractivity contribution in [2.24, 2.45) is 5.92 Å². The van der Waals surface area contributed by atoms with Crippen molar-refractivity contribution in [3.8, 4) is 0 Å². The molecule has 1 aliphatic rings. The van der Waals surface area contributed by atoms with Crippen LogP contribution in [0.2, 0.25) is 0 Å². The van der Waals surface area contributed by atoms with Gasteiger partial charge in [0.1, 0.15) is 19.0 Å². The molecule has 0 radical (unpaired) electrons. The first-order chi connectivity index (χ1) is 13.0. The van der Waals surface area contributed by atoms with Crippen LogP contribution >= 0.6 is 0 Å². The predicted octanol–water partition coefficient (Wildman–Crippen LogP) is 2.15. The van der Waals surface area contributed by atoms with Crippen molar-refractivity contribution in [3.05, 3.63) is 29.6 Å². The summed E-state index contributed by atoms with van der Waals surface area (Å²) in [5, 5.41) is 2.97. The van der Waals surface area contributed by atoms with Gasteiger partial charge in [-0.2, -0.15) is 0 Å². The minimum atomic E-state index is -0.0493. The lowest BCUT2D eigenvalue weighted by atomic mass is 9.98. The molecule has 2 aromatic rings. The van der Waals surface area contributed by atoms with Crippen LogP contribution in [-0.2, 0) is 20.9 Å². The molecule has 2 amide bonds. The van der Waals surface area contributed by atoms with E-state index in [0.29, 0.717) is 24.8 Å². The maximum atomic E-state index is 12.5. The molecule has 2 heterocycles. The minimum Gasteiger partial charge on any atom is -0.364 e. The number of aromatic amines is 1. The van der Waals surface area contributed by atoms with Crippen molar-refractivity contribution in [1.82, 2.24) is 20.2 Å². The molecular formula is C20H28N4O3.